The Kier molecular flexibility index (Phi) is 4.13. The van der Waals surface area contributed by atoms with Crippen molar-refractivity contribution < 1.29 is 4.79 Å². The standard InChI is InChI=1S/C29H32N2O/c32-28(29-16-19-13-20(17-29)15-21(14-19)18-29)31-12-6-11-25(31)27-26(22-7-2-1-3-8-22)23-9-4-5-10-24(23)30-27/h1-5,7-10,19-21,25,30H,6,11-18H2. The lowest BCUT2D eigenvalue weighted by Crippen LogP contribution is -2.54. The average molecular weight is 425 g/mol. The largest absolute Gasteiger partial charge is 0.356 e. The number of benzene rings is 2. The van der Waals surface area contributed by atoms with Gasteiger partial charge in [-0.1, -0.05) is 48.5 Å². The molecule has 4 saturated carbocycles. The molecule has 1 aliphatic heterocycles. The first kappa shape index (κ1) is 19.0. The van der Waals surface area contributed by atoms with Crippen LogP contribution in [0, 0.1) is 23.2 Å². The van der Waals surface area contributed by atoms with Crippen LogP contribution in [-0.4, -0.2) is 22.3 Å². The Bertz CT molecular complexity index is 1140. The van der Waals surface area contributed by atoms with Gasteiger partial charge in [0.15, 0.2) is 0 Å². The summed E-state index contributed by atoms with van der Waals surface area (Å²) >= 11 is 0. The van der Waals surface area contributed by atoms with E-state index in [1.54, 1.807) is 0 Å². The van der Waals surface area contributed by atoms with E-state index in [1.165, 1.54) is 47.0 Å². The summed E-state index contributed by atoms with van der Waals surface area (Å²) in [5, 5.41) is 1.27. The maximum Gasteiger partial charge on any atom is 0.229 e. The number of fused-ring (bicyclic) bond motifs is 1. The van der Waals surface area contributed by atoms with Crippen LogP contribution in [-0.2, 0) is 4.79 Å². The average Bonchev–Trinajstić information content (AvgIpc) is 3.43. The van der Waals surface area contributed by atoms with Crippen molar-refractivity contribution >= 4 is 16.8 Å². The van der Waals surface area contributed by atoms with E-state index in [-0.39, 0.29) is 11.5 Å². The smallest absolute Gasteiger partial charge is 0.229 e. The summed E-state index contributed by atoms with van der Waals surface area (Å²) in [5.74, 6) is 2.90. The van der Waals surface area contributed by atoms with E-state index in [0.29, 0.717) is 5.91 Å². The number of carbonyl (C=O) groups excluding carboxylic acids is 1. The molecule has 2 heterocycles. The summed E-state index contributed by atoms with van der Waals surface area (Å²) < 4.78 is 0. The molecule has 1 atom stereocenters. The molecule has 1 saturated heterocycles. The molecule has 1 N–H and O–H groups in total. The normalized spacial score (nSPS) is 33.3. The SMILES string of the molecule is O=C(N1CCCC1c1[nH]c2ccccc2c1-c1ccccc1)C12CC3CC(CC(C3)C1)C2. The van der Waals surface area contributed by atoms with Gasteiger partial charge in [0.05, 0.1) is 11.5 Å². The fraction of sp³-hybridized carbons (Fsp3) is 0.483. The van der Waals surface area contributed by atoms with Gasteiger partial charge in [0.1, 0.15) is 0 Å². The molecule has 164 valence electrons. The Morgan fingerprint density at radius 3 is 2.25 bits per heavy atom. The minimum atomic E-state index is -0.0593. The molecule has 3 heteroatoms. The van der Waals surface area contributed by atoms with E-state index in [1.807, 2.05) is 0 Å². The van der Waals surface area contributed by atoms with Crippen molar-refractivity contribution in [2.24, 2.45) is 23.2 Å². The Hall–Kier alpha value is -2.55. The molecular weight excluding hydrogens is 392 g/mol. The lowest BCUT2D eigenvalue weighted by atomic mass is 9.49. The van der Waals surface area contributed by atoms with Gasteiger partial charge >= 0.3 is 0 Å². The molecular formula is C29H32N2O. The third-order valence-corrected chi connectivity index (χ3v) is 9.14. The predicted octanol–water partition coefficient (Wildman–Crippen LogP) is 6.71. The minimum Gasteiger partial charge on any atom is -0.356 e. The highest BCUT2D eigenvalue weighted by molar-refractivity contribution is 5.98. The van der Waals surface area contributed by atoms with Crippen LogP contribution in [0.4, 0.5) is 0 Å². The number of carbonyl (C=O) groups is 1. The maximum atomic E-state index is 14.3. The zero-order chi connectivity index (χ0) is 21.3. The summed E-state index contributed by atoms with van der Waals surface area (Å²) in [7, 11) is 0. The molecule has 1 aromatic heterocycles. The first-order valence-electron chi connectivity index (χ1n) is 12.7. The first-order valence-corrected chi connectivity index (χ1v) is 12.7. The predicted molar refractivity (Wildman–Crippen MR) is 128 cm³/mol. The van der Waals surface area contributed by atoms with E-state index in [4.69, 9.17) is 0 Å². The Balaban J connectivity index is 1.30. The molecule has 8 rings (SSSR count). The molecule has 3 nitrogen and oxygen atoms in total. The molecule has 1 amide bonds. The van der Waals surface area contributed by atoms with Gasteiger partial charge in [0, 0.05) is 28.7 Å². The van der Waals surface area contributed by atoms with Gasteiger partial charge in [-0.05, 0) is 80.8 Å². The number of aromatic amines is 1. The minimum absolute atomic E-state index is 0.0593. The Labute approximate surface area is 190 Å². The van der Waals surface area contributed by atoms with Crippen molar-refractivity contribution in [2.75, 3.05) is 6.54 Å². The van der Waals surface area contributed by atoms with Crippen LogP contribution < -0.4 is 0 Å². The van der Waals surface area contributed by atoms with Crippen LogP contribution in [0.15, 0.2) is 54.6 Å². The van der Waals surface area contributed by atoms with E-state index in [2.05, 4.69) is 64.5 Å². The van der Waals surface area contributed by atoms with Crippen LogP contribution in [0.5, 0.6) is 0 Å². The van der Waals surface area contributed by atoms with Crippen LogP contribution in [0.1, 0.15) is 63.1 Å². The van der Waals surface area contributed by atoms with Gasteiger partial charge in [-0.15, -0.1) is 0 Å². The van der Waals surface area contributed by atoms with Crippen molar-refractivity contribution in [3.05, 3.63) is 60.3 Å². The molecule has 1 unspecified atom stereocenters. The van der Waals surface area contributed by atoms with Gasteiger partial charge < -0.3 is 9.88 Å². The van der Waals surface area contributed by atoms with Gasteiger partial charge in [0.2, 0.25) is 5.91 Å². The third kappa shape index (κ3) is 2.76. The highest BCUT2D eigenvalue weighted by Crippen LogP contribution is 2.61. The van der Waals surface area contributed by atoms with Crippen LogP contribution in [0.2, 0.25) is 0 Å². The van der Waals surface area contributed by atoms with Crippen molar-refractivity contribution in [3.63, 3.8) is 0 Å². The second-order valence-electron chi connectivity index (χ2n) is 11.2. The monoisotopic (exact) mass is 424 g/mol. The van der Waals surface area contributed by atoms with Crippen LogP contribution >= 0.6 is 0 Å². The highest BCUT2D eigenvalue weighted by Gasteiger charge is 2.56. The van der Waals surface area contributed by atoms with Gasteiger partial charge in [-0.25, -0.2) is 0 Å². The van der Waals surface area contributed by atoms with Crippen molar-refractivity contribution in [3.8, 4) is 11.1 Å². The number of hydrogen-bond acceptors (Lipinski definition) is 1. The molecule has 0 spiro atoms. The Morgan fingerprint density at radius 1 is 0.875 bits per heavy atom. The first-order chi connectivity index (χ1) is 15.7. The topological polar surface area (TPSA) is 36.1 Å². The zero-order valence-electron chi connectivity index (χ0n) is 18.7. The number of nitrogens with zero attached hydrogens (tertiary/aromatic N) is 1. The maximum absolute atomic E-state index is 14.3. The van der Waals surface area contributed by atoms with E-state index in [9.17, 15) is 4.79 Å². The number of H-pyrrole nitrogens is 1. The number of amides is 1. The summed E-state index contributed by atoms with van der Waals surface area (Å²) in [4.78, 5) is 20.3. The second-order valence-corrected chi connectivity index (χ2v) is 11.2. The lowest BCUT2D eigenvalue weighted by molar-refractivity contribution is -0.158. The van der Waals surface area contributed by atoms with E-state index < -0.39 is 0 Å². The molecule has 4 aliphatic carbocycles. The molecule has 5 aliphatic rings. The summed E-state index contributed by atoms with van der Waals surface area (Å²) in [5.41, 5.74) is 4.89. The van der Waals surface area contributed by atoms with Gasteiger partial charge in [-0.3, -0.25) is 4.79 Å². The lowest BCUT2D eigenvalue weighted by Gasteiger charge is -2.56. The van der Waals surface area contributed by atoms with E-state index in [0.717, 1.165) is 56.4 Å². The highest BCUT2D eigenvalue weighted by atomic mass is 16.2. The van der Waals surface area contributed by atoms with Crippen molar-refractivity contribution in [1.29, 1.82) is 0 Å². The Morgan fingerprint density at radius 2 is 1.53 bits per heavy atom. The summed E-state index contributed by atoms with van der Waals surface area (Å²) in [6.07, 6.45) is 9.78. The van der Waals surface area contributed by atoms with E-state index >= 15 is 0 Å². The fourth-order valence-electron chi connectivity index (χ4n) is 8.32. The van der Waals surface area contributed by atoms with Crippen molar-refractivity contribution in [1.82, 2.24) is 9.88 Å². The molecule has 4 bridgehead atoms. The summed E-state index contributed by atoms with van der Waals surface area (Å²) in [6, 6.07) is 19.5. The zero-order valence-corrected chi connectivity index (χ0v) is 18.7. The van der Waals surface area contributed by atoms with Gasteiger partial charge in [-0.2, -0.15) is 0 Å². The van der Waals surface area contributed by atoms with Crippen molar-refractivity contribution in [2.45, 2.75) is 57.4 Å². The second kappa shape index (κ2) is 6.97. The number of hydrogen-bond donors (Lipinski definition) is 1. The van der Waals surface area contributed by atoms with Crippen LogP contribution in [0.3, 0.4) is 0 Å². The number of rotatable bonds is 3. The number of likely N-dealkylation sites (tertiary alicyclic amines) is 1. The van der Waals surface area contributed by atoms with Crippen LogP contribution in [0.25, 0.3) is 22.0 Å². The third-order valence-electron chi connectivity index (χ3n) is 9.14. The fourth-order valence-corrected chi connectivity index (χ4v) is 8.32. The molecule has 0 radical (unpaired) electrons. The summed E-state index contributed by atoms with van der Waals surface area (Å²) in [6.45, 7) is 0.912. The quantitative estimate of drug-likeness (QED) is 0.498. The molecule has 2 aromatic carbocycles. The molecule has 32 heavy (non-hydrogen) atoms. The molecule has 5 fully saturated rings. The number of aromatic nitrogens is 1. The van der Waals surface area contributed by atoms with Gasteiger partial charge in [0.25, 0.3) is 0 Å². The number of nitrogens with one attached hydrogen (secondary N) is 1. The molecule has 3 aromatic rings. The number of para-hydroxylation sites is 1.